The largest absolute Gasteiger partial charge is 0.448 e. The fraction of sp³-hybridized carbons (Fsp3) is 0.353. The maximum atomic E-state index is 12.4. The maximum absolute atomic E-state index is 12.4. The zero-order chi connectivity index (χ0) is 16.4. The number of fused-ring (bicyclic) bond motifs is 1. The summed E-state index contributed by atoms with van der Waals surface area (Å²) in [4.78, 5) is 24.4. The smallest absolute Gasteiger partial charge is 0.339 e. The molecule has 0 bridgehead atoms. The zero-order valence-corrected chi connectivity index (χ0v) is 13.2. The Morgan fingerprint density at radius 3 is 2.96 bits per heavy atom. The van der Waals surface area contributed by atoms with Gasteiger partial charge < -0.3 is 10.1 Å². The molecule has 6 heteroatoms. The number of nitrogens with zero attached hydrogens (tertiary/aromatic N) is 2. The number of carbonyl (C=O) groups is 2. The lowest BCUT2D eigenvalue weighted by molar-refractivity contribution is -0.125. The van der Waals surface area contributed by atoms with Crippen LogP contribution in [0.1, 0.15) is 29.8 Å². The number of ether oxygens (including phenoxy) is 1. The van der Waals surface area contributed by atoms with E-state index in [9.17, 15) is 9.59 Å². The average molecular weight is 313 g/mol. The Labute approximate surface area is 134 Å². The van der Waals surface area contributed by atoms with Crippen LogP contribution in [0.5, 0.6) is 0 Å². The predicted molar refractivity (Wildman–Crippen MR) is 85.0 cm³/mol. The minimum Gasteiger partial charge on any atom is -0.448 e. The molecular formula is C17H19N3O3. The summed E-state index contributed by atoms with van der Waals surface area (Å²) in [5.41, 5.74) is 1.36. The number of carbonyl (C=O) groups excluding carboxylic acids is 2. The molecule has 2 aromatic rings. The van der Waals surface area contributed by atoms with Crippen LogP contribution < -0.4 is 5.32 Å². The van der Waals surface area contributed by atoms with Gasteiger partial charge in [-0.2, -0.15) is 5.10 Å². The Bertz CT molecular complexity index is 736. The molecular weight excluding hydrogens is 294 g/mol. The maximum Gasteiger partial charge on any atom is 0.339 e. The quantitative estimate of drug-likeness (QED) is 0.879. The first-order valence-corrected chi connectivity index (χ1v) is 7.66. The van der Waals surface area contributed by atoms with Crippen LogP contribution in [-0.4, -0.2) is 27.8 Å². The van der Waals surface area contributed by atoms with Crippen molar-refractivity contribution in [1.29, 1.82) is 0 Å². The average Bonchev–Trinajstić information content (AvgIpc) is 2.93. The van der Waals surface area contributed by atoms with E-state index in [1.165, 1.54) is 0 Å². The van der Waals surface area contributed by atoms with E-state index in [1.807, 2.05) is 12.1 Å². The van der Waals surface area contributed by atoms with E-state index in [0.29, 0.717) is 30.3 Å². The standard InChI is InChI=1S/C17H19N3O3/c1-11(2)10-20-15(7-8-18-20)19-16(21)14-9-12-5-3-4-6-13(12)17(22)23-14/h3-8,11,14H,9-10H2,1-2H3,(H,19,21). The Hall–Kier alpha value is -2.63. The Kier molecular flexibility index (Phi) is 4.14. The van der Waals surface area contributed by atoms with Crippen LogP contribution in [0.15, 0.2) is 36.5 Å². The molecule has 0 saturated heterocycles. The lowest BCUT2D eigenvalue weighted by atomic mass is 9.98. The molecule has 1 atom stereocenters. The lowest BCUT2D eigenvalue weighted by Crippen LogP contribution is -2.38. The van der Waals surface area contributed by atoms with Gasteiger partial charge in [-0.3, -0.25) is 4.79 Å². The molecule has 120 valence electrons. The summed E-state index contributed by atoms with van der Waals surface area (Å²) in [5.74, 6) is 0.226. The van der Waals surface area contributed by atoms with E-state index in [1.54, 1.807) is 29.1 Å². The predicted octanol–water partition coefficient (Wildman–Crippen LogP) is 2.26. The lowest BCUT2D eigenvalue weighted by Gasteiger charge is -2.24. The van der Waals surface area contributed by atoms with Crippen LogP contribution in [0.3, 0.4) is 0 Å². The molecule has 0 spiro atoms. The Morgan fingerprint density at radius 2 is 2.17 bits per heavy atom. The molecule has 1 aromatic carbocycles. The number of esters is 1. The van der Waals surface area contributed by atoms with Gasteiger partial charge in [-0.05, 0) is 17.5 Å². The summed E-state index contributed by atoms with van der Waals surface area (Å²) in [6.45, 7) is 4.86. The minimum absolute atomic E-state index is 0.335. The van der Waals surface area contributed by atoms with Crippen molar-refractivity contribution in [2.75, 3.05) is 5.32 Å². The SMILES string of the molecule is CC(C)Cn1nccc1NC(=O)C1Cc2ccccc2C(=O)O1. The second-order valence-electron chi connectivity index (χ2n) is 6.04. The van der Waals surface area contributed by atoms with E-state index in [2.05, 4.69) is 24.3 Å². The van der Waals surface area contributed by atoms with Crippen LogP contribution in [-0.2, 0) is 22.5 Å². The van der Waals surface area contributed by atoms with Gasteiger partial charge in [0, 0.05) is 19.0 Å². The number of aromatic nitrogens is 2. The van der Waals surface area contributed by atoms with Crippen LogP contribution in [0, 0.1) is 5.92 Å². The molecule has 0 radical (unpaired) electrons. The molecule has 1 unspecified atom stereocenters. The normalized spacial score (nSPS) is 16.8. The molecule has 1 N–H and O–H groups in total. The second-order valence-corrected chi connectivity index (χ2v) is 6.04. The van der Waals surface area contributed by atoms with Gasteiger partial charge in [0.25, 0.3) is 5.91 Å². The zero-order valence-electron chi connectivity index (χ0n) is 13.2. The van der Waals surface area contributed by atoms with Gasteiger partial charge in [0.05, 0.1) is 11.8 Å². The Balaban J connectivity index is 1.73. The van der Waals surface area contributed by atoms with E-state index in [0.717, 1.165) is 5.56 Å². The number of rotatable bonds is 4. The molecule has 1 aliphatic heterocycles. The summed E-state index contributed by atoms with van der Waals surface area (Å²) in [5, 5.41) is 7.00. The van der Waals surface area contributed by atoms with Gasteiger partial charge >= 0.3 is 5.97 Å². The van der Waals surface area contributed by atoms with Crippen LogP contribution in [0.4, 0.5) is 5.82 Å². The summed E-state index contributed by atoms with van der Waals surface area (Å²) in [6.07, 6.45) is 1.20. The van der Waals surface area contributed by atoms with E-state index in [4.69, 9.17) is 4.74 Å². The molecule has 3 rings (SSSR count). The van der Waals surface area contributed by atoms with Crippen molar-refractivity contribution in [2.45, 2.75) is 32.9 Å². The summed E-state index contributed by atoms with van der Waals surface area (Å²) in [6, 6.07) is 8.93. The van der Waals surface area contributed by atoms with Crippen molar-refractivity contribution >= 4 is 17.7 Å². The Morgan fingerprint density at radius 1 is 1.39 bits per heavy atom. The van der Waals surface area contributed by atoms with Crippen molar-refractivity contribution in [3.05, 3.63) is 47.7 Å². The first-order valence-electron chi connectivity index (χ1n) is 7.66. The number of hydrogen-bond acceptors (Lipinski definition) is 4. The number of anilines is 1. The third kappa shape index (κ3) is 3.26. The molecule has 1 aliphatic rings. The highest BCUT2D eigenvalue weighted by Crippen LogP contribution is 2.21. The molecule has 0 fully saturated rings. The van der Waals surface area contributed by atoms with Crippen molar-refractivity contribution in [3.8, 4) is 0 Å². The number of hydrogen-bond donors (Lipinski definition) is 1. The van der Waals surface area contributed by atoms with E-state index in [-0.39, 0.29) is 5.91 Å². The first-order chi connectivity index (χ1) is 11.0. The topological polar surface area (TPSA) is 73.2 Å². The molecule has 23 heavy (non-hydrogen) atoms. The number of cyclic esters (lactones) is 1. The molecule has 6 nitrogen and oxygen atoms in total. The van der Waals surface area contributed by atoms with E-state index < -0.39 is 12.1 Å². The molecule has 0 saturated carbocycles. The number of nitrogens with one attached hydrogen (secondary N) is 1. The third-order valence-corrected chi connectivity index (χ3v) is 3.69. The van der Waals surface area contributed by atoms with Gasteiger partial charge in [0.2, 0.25) is 0 Å². The van der Waals surface area contributed by atoms with Crippen LogP contribution >= 0.6 is 0 Å². The van der Waals surface area contributed by atoms with Gasteiger partial charge in [0.15, 0.2) is 6.10 Å². The van der Waals surface area contributed by atoms with Crippen molar-refractivity contribution in [1.82, 2.24) is 9.78 Å². The molecule has 1 amide bonds. The van der Waals surface area contributed by atoms with Crippen LogP contribution in [0.2, 0.25) is 0 Å². The third-order valence-electron chi connectivity index (χ3n) is 3.69. The van der Waals surface area contributed by atoms with Gasteiger partial charge in [-0.15, -0.1) is 0 Å². The highest BCUT2D eigenvalue weighted by Gasteiger charge is 2.31. The number of amides is 1. The van der Waals surface area contributed by atoms with Crippen molar-refractivity contribution in [2.24, 2.45) is 5.92 Å². The minimum atomic E-state index is -0.820. The molecule has 0 aliphatic carbocycles. The summed E-state index contributed by atoms with van der Waals surface area (Å²) < 4.78 is 7.00. The number of benzene rings is 1. The van der Waals surface area contributed by atoms with Crippen LogP contribution in [0.25, 0.3) is 0 Å². The monoisotopic (exact) mass is 313 g/mol. The van der Waals surface area contributed by atoms with Gasteiger partial charge in [-0.1, -0.05) is 32.0 Å². The fourth-order valence-corrected chi connectivity index (χ4v) is 2.61. The fourth-order valence-electron chi connectivity index (χ4n) is 2.61. The first kappa shape index (κ1) is 15.3. The second kappa shape index (κ2) is 6.24. The summed E-state index contributed by atoms with van der Waals surface area (Å²) >= 11 is 0. The van der Waals surface area contributed by atoms with Crippen molar-refractivity contribution in [3.63, 3.8) is 0 Å². The summed E-state index contributed by atoms with van der Waals surface area (Å²) in [7, 11) is 0. The van der Waals surface area contributed by atoms with Gasteiger partial charge in [-0.25, -0.2) is 9.48 Å². The highest BCUT2D eigenvalue weighted by atomic mass is 16.5. The van der Waals surface area contributed by atoms with E-state index >= 15 is 0 Å². The van der Waals surface area contributed by atoms with Gasteiger partial charge in [0.1, 0.15) is 5.82 Å². The highest BCUT2D eigenvalue weighted by molar-refractivity contribution is 5.99. The molecule has 1 aromatic heterocycles. The van der Waals surface area contributed by atoms with Crippen molar-refractivity contribution < 1.29 is 14.3 Å². The molecule has 2 heterocycles.